The summed E-state index contributed by atoms with van der Waals surface area (Å²) in [5, 5.41) is 22.4. The van der Waals surface area contributed by atoms with Gasteiger partial charge in [-0.05, 0) is 136 Å². The summed E-state index contributed by atoms with van der Waals surface area (Å²) < 4.78 is 7.01. The third-order valence-corrected chi connectivity index (χ3v) is 16.7. The summed E-state index contributed by atoms with van der Waals surface area (Å²) in [6.45, 7) is 4.86. The van der Waals surface area contributed by atoms with E-state index in [0.29, 0.717) is 11.8 Å². The zero-order valence-corrected chi connectivity index (χ0v) is 37.0. The molecule has 320 valence electrons. The second-order valence-electron chi connectivity index (χ2n) is 20.5. The zero-order valence-electron chi connectivity index (χ0n) is 37.0. The first-order valence-electron chi connectivity index (χ1n) is 24.6. The van der Waals surface area contributed by atoms with E-state index in [4.69, 9.17) is 4.74 Å². The lowest BCUT2D eigenvalue weighted by Crippen LogP contribution is -3.05. The van der Waals surface area contributed by atoms with Crippen LogP contribution in [0, 0.1) is 28.6 Å². The lowest BCUT2D eigenvalue weighted by Gasteiger charge is -2.50. The van der Waals surface area contributed by atoms with Crippen LogP contribution in [0.25, 0.3) is 0 Å². The van der Waals surface area contributed by atoms with Gasteiger partial charge in [0.2, 0.25) is 0 Å². The molecule has 8 aliphatic carbocycles. The van der Waals surface area contributed by atoms with Crippen LogP contribution in [0.15, 0.2) is 130 Å². The Morgan fingerprint density at radius 3 is 2.58 bits per heavy atom. The van der Waals surface area contributed by atoms with Crippen molar-refractivity contribution in [2.45, 2.75) is 160 Å². The van der Waals surface area contributed by atoms with E-state index in [1.807, 2.05) is 0 Å². The van der Waals surface area contributed by atoms with Gasteiger partial charge in [0.25, 0.3) is 0 Å². The van der Waals surface area contributed by atoms with E-state index in [9.17, 15) is 5.26 Å². The molecule has 8 atom stereocenters. The SMILES string of the molecule is CC1(C)C2=CCCC=C2C2=CC(C3NC(c4cc(C#N)c(N5C6=C(C=CCC6)C6CCC=CC65)cc4N4C5=C(CCCC5)OC5CCCCC54)NC(C4=CC=CCC4)[NH2+]3)CC=C21. The fourth-order valence-corrected chi connectivity index (χ4v) is 13.7. The molecule has 11 aliphatic rings. The second-order valence-corrected chi connectivity index (χ2v) is 20.5. The van der Waals surface area contributed by atoms with Crippen LogP contribution >= 0.6 is 0 Å². The Bertz CT molecular complexity index is 2420. The molecule has 1 aromatic carbocycles. The summed E-state index contributed by atoms with van der Waals surface area (Å²) in [6, 6.07) is 8.16. The van der Waals surface area contributed by atoms with E-state index < -0.39 is 0 Å². The van der Waals surface area contributed by atoms with Crippen molar-refractivity contribution in [1.82, 2.24) is 10.6 Å². The van der Waals surface area contributed by atoms with Crippen molar-refractivity contribution in [2.24, 2.45) is 17.3 Å². The lowest BCUT2D eigenvalue weighted by molar-refractivity contribution is -0.739. The summed E-state index contributed by atoms with van der Waals surface area (Å²) in [5.74, 6) is 2.01. The van der Waals surface area contributed by atoms with Crippen LogP contribution in [0.3, 0.4) is 0 Å². The number of fused-ring (bicyclic) bond motifs is 6. The van der Waals surface area contributed by atoms with E-state index in [2.05, 4.69) is 125 Å². The Kier molecular flexibility index (Phi) is 9.80. The average molecular weight is 826 g/mol. The number of anilines is 2. The Balaban J connectivity index is 1.02. The Morgan fingerprint density at radius 1 is 0.806 bits per heavy atom. The van der Waals surface area contributed by atoms with Gasteiger partial charge >= 0.3 is 0 Å². The summed E-state index contributed by atoms with van der Waals surface area (Å²) >= 11 is 0. The minimum absolute atomic E-state index is 0.0538. The van der Waals surface area contributed by atoms with Crippen LogP contribution in [0.5, 0.6) is 0 Å². The maximum Gasteiger partial charge on any atom is 0.165 e. The molecule has 2 saturated carbocycles. The van der Waals surface area contributed by atoms with Gasteiger partial charge in [-0.15, -0.1) is 0 Å². The molecular weight excluding hydrogens is 761 g/mol. The van der Waals surface area contributed by atoms with Crippen molar-refractivity contribution in [1.29, 1.82) is 5.26 Å². The van der Waals surface area contributed by atoms with Crippen molar-refractivity contribution in [2.75, 3.05) is 9.80 Å². The summed E-state index contributed by atoms with van der Waals surface area (Å²) in [7, 11) is 0. The van der Waals surface area contributed by atoms with Crippen molar-refractivity contribution in [3.05, 3.63) is 141 Å². The number of nitrogens with one attached hydrogen (secondary N) is 2. The standard InChI is InChI=1S/C55H64N6O/c1-55(2)42-21-9-6-18-37(42)40-30-35(28-29-43(40)55)53-57-52(34-16-4-3-5-17-34)58-54(59-53)41-31-36(33-56)48(60-44-22-10-7-19-38(44)39-20-8-11-23-45(39)60)32-49(41)61-46-24-12-14-26-50(46)62-51-27-15-13-25-47(51)61/h3-4,7,11,16,18-19,21,23,29-32,35,39,45-46,50,52-54,57-59H,5-6,8-10,12-15,17,20,22,24-28H2,1-2H3/p+1. The highest BCUT2D eigenvalue weighted by atomic mass is 16.5. The first-order valence-corrected chi connectivity index (χ1v) is 24.6. The van der Waals surface area contributed by atoms with Crippen LogP contribution in [-0.2, 0) is 4.74 Å². The molecule has 12 rings (SSSR count). The first-order chi connectivity index (χ1) is 30.5. The third kappa shape index (κ3) is 6.29. The number of rotatable bonds is 5. The number of ether oxygens (including phenoxy) is 1. The maximum absolute atomic E-state index is 11.4. The highest BCUT2D eigenvalue weighted by Crippen LogP contribution is 2.57. The molecule has 0 amide bonds. The highest BCUT2D eigenvalue weighted by Gasteiger charge is 2.48. The predicted octanol–water partition coefficient (Wildman–Crippen LogP) is 10.5. The summed E-state index contributed by atoms with van der Waals surface area (Å²) in [6.07, 6.45) is 46.0. The van der Waals surface area contributed by atoms with Gasteiger partial charge < -0.3 is 19.9 Å². The number of nitrogens with zero attached hydrogens (tertiary/aromatic N) is 3. The van der Waals surface area contributed by atoms with Gasteiger partial charge in [-0.1, -0.05) is 87.1 Å². The van der Waals surface area contributed by atoms with E-state index >= 15 is 0 Å². The van der Waals surface area contributed by atoms with Crippen LogP contribution in [0.4, 0.5) is 11.4 Å². The Labute approximate surface area is 369 Å². The molecule has 3 aliphatic heterocycles. The van der Waals surface area contributed by atoms with Gasteiger partial charge in [-0.3, -0.25) is 0 Å². The van der Waals surface area contributed by atoms with Gasteiger partial charge in [0.05, 0.1) is 35.2 Å². The van der Waals surface area contributed by atoms with E-state index in [1.165, 1.54) is 87.5 Å². The molecule has 0 radical (unpaired) electrons. The van der Waals surface area contributed by atoms with Crippen LogP contribution in [-0.4, -0.2) is 30.5 Å². The molecule has 3 heterocycles. The van der Waals surface area contributed by atoms with Crippen LogP contribution < -0.4 is 25.8 Å². The molecule has 0 spiro atoms. The molecule has 3 fully saturated rings. The fraction of sp³-hybridized carbons (Fsp3) is 0.509. The summed E-state index contributed by atoms with van der Waals surface area (Å²) in [5.41, 5.74) is 16.2. The molecule has 1 aromatic rings. The maximum atomic E-state index is 11.4. The van der Waals surface area contributed by atoms with Crippen molar-refractivity contribution >= 4 is 11.4 Å². The van der Waals surface area contributed by atoms with E-state index in [0.717, 1.165) is 94.7 Å². The van der Waals surface area contributed by atoms with Gasteiger partial charge in [0.1, 0.15) is 24.1 Å². The molecule has 62 heavy (non-hydrogen) atoms. The van der Waals surface area contributed by atoms with Gasteiger partial charge in [0.15, 0.2) is 6.17 Å². The van der Waals surface area contributed by atoms with Gasteiger partial charge in [-0.2, -0.15) is 5.26 Å². The van der Waals surface area contributed by atoms with Crippen molar-refractivity contribution < 1.29 is 10.1 Å². The minimum atomic E-state index is -0.156. The number of hydrogen-bond acceptors (Lipinski definition) is 6. The van der Waals surface area contributed by atoms with Gasteiger partial charge in [-0.25, -0.2) is 10.6 Å². The number of quaternary nitrogens is 1. The highest BCUT2D eigenvalue weighted by molar-refractivity contribution is 5.77. The second kappa shape index (κ2) is 15.6. The van der Waals surface area contributed by atoms with Crippen LogP contribution in [0.1, 0.15) is 140 Å². The number of nitriles is 1. The number of nitrogens with two attached hydrogens (primary N) is 1. The Hall–Kier alpha value is -4.61. The smallest absolute Gasteiger partial charge is 0.165 e. The van der Waals surface area contributed by atoms with E-state index in [-0.39, 0.29) is 42.1 Å². The van der Waals surface area contributed by atoms with Crippen molar-refractivity contribution in [3.63, 3.8) is 0 Å². The third-order valence-electron chi connectivity index (χ3n) is 16.7. The quantitative estimate of drug-likeness (QED) is 0.257. The summed E-state index contributed by atoms with van der Waals surface area (Å²) in [4.78, 5) is 5.40. The molecule has 8 unspecified atom stereocenters. The molecule has 1 saturated heterocycles. The van der Waals surface area contributed by atoms with Gasteiger partial charge in [0, 0.05) is 46.2 Å². The Morgan fingerprint density at radius 2 is 1.68 bits per heavy atom. The fourth-order valence-electron chi connectivity index (χ4n) is 13.7. The van der Waals surface area contributed by atoms with Crippen molar-refractivity contribution in [3.8, 4) is 6.07 Å². The monoisotopic (exact) mass is 826 g/mol. The average Bonchev–Trinajstić information content (AvgIpc) is 3.78. The lowest BCUT2D eigenvalue weighted by atomic mass is 9.78. The largest absolute Gasteiger partial charge is 0.491 e. The topological polar surface area (TPSA) is 80.2 Å². The molecule has 0 aromatic heterocycles. The van der Waals surface area contributed by atoms with E-state index in [1.54, 1.807) is 0 Å². The number of benzene rings is 1. The molecule has 0 bridgehead atoms. The first kappa shape index (κ1) is 39.0. The normalized spacial score (nSPS) is 34.3. The predicted molar refractivity (Wildman–Crippen MR) is 248 cm³/mol. The number of allylic oxidation sites excluding steroid dienone is 16. The molecule has 7 heteroatoms. The molecule has 4 N–H and O–H groups in total. The zero-order chi connectivity index (χ0) is 41.5. The number of hydrogen-bond donors (Lipinski definition) is 3. The molecule has 7 nitrogen and oxygen atoms in total. The van der Waals surface area contributed by atoms with Crippen LogP contribution in [0.2, 0.25) is 0 Å². The molecular formula is C55H65N6O+. The minimum Gasteiger partial charge on any atom is -0.491 e.